The van der Waals surface area contributed by atoms with Crippen molar-refractivity contribution in [1.29, 1.82) is 0 Å². The van der Waals surface area contributed by atoms with E-state index in [0.29, 0.717) is 5.82 Å². The van der Waals surface area contributed by atoms with Crippen molar-refractivity contribution in [3.63, 3.8) is 0 Å². The van der Waals surface area contributed by atoms with Crippen molar-refractivity contribution in [1.82, 2.24) is 9.55 Å². The van der Waals surface area contributed by atoms with Gasteiger partial charge < -0.3 is 9.67 Å². The lowest BCUT2D eigenvalue weighted by molar-refractivity contribution is 0.0885. The molecule has 1 aromatic carbocycles. The Hall–Kier alpha value is -1.61. The summed E-state index contributed by atoms with van der Waals surface area (Å²) < 4.78 is 1.84. The van der Waals surface area contributed by atoms with Gasteiger partial charge in [0.05, 0.1) is 0 Å². The van der Waals surface area contributed by atoms with Crippen LogP contribution in [0.3, 0.4) is 0 Å². The lowest BCUT2D eigenvalue weighted by Gasteiger charge is -2.25. The van der Waals surface area contributed by atoms with E-state index in [4.69, 9.17) is 0 Å². The number of imidazole rings is 1. The predicted molar refractivity (Wildman–Crippen MR) is 63.1 cm³/mol. The largest absolute Gasteiger partial charge is 0.377 e. The summed E-state index contributed by atoms with van der Waals surface area (Å²) in [7, 11) is 1.88. The van der Waals surface area contributed by atoms with Crippen LogP contribution in [0.2, 0.25) is 0 Å². The van der Waals surface area contributed by atoms with Crippen LogP contribution < -0.4 is 0 Å². The molecule has 1 atom stereocenters. The van der Waals surface area contributed by atoms with Gasteiger partial charge >= 0.3 is 0 Å². The van der Waals surface area contributed by atoms with Gasteiger partial charge in [0.15, 0.2) is 0 Å². The number of hydrogen-bond acceptors (Lipinski definition) is 2. The molecule has 0 amide bonds. The molecule has 2 aromatic rings. The molecule has 0 spiro atoms. The Balaban J connectivity index is 2.55. The van der Waals surface area contributed by atoms with Gasteiger partial charge in [-0.3, -0.25) is 0 Å². The number of rotatable bonds is 2. The molecule has 0 aliphatic carbocycles. The van der Waals surface area contributed by atoms with Crippen molar-refractivity contribution in [2.75, 3.05) is 0 Å². The first-order valence-corrected chi connectivity index (χ1v) is 5.30. The Morgan fingerprint density at radius 3 is 2.56 bits per heavy atom. The molecule has 1 heterocycles. The molecule has 84 valence electrons. The molecule has 16 heavy (non-hydrogen) atoms. The van der Waals surface area contributed by atoms with Crippen molar-refractivity contribution in [2.45, 2.75) is 19.4 Å². The van der Waals surface area contributed by atoms with Crippen LogP contribution in [0.25, 0.3) is 0 Å². The molecule has 1 unspecified atom stereocenters. The van der Waals surface area contributed by atoms with Crippen molar-refractivity contribution >= 4 is 0 Å². The zero-order valence-corrected chi connectivity index (χ0v) is 9.81. The van der Waals surface area contributed by atoms with E-state index in [-0.39, 0.29) is 0 Å². The summed E-state index contributed by atoms with van der Waals surface area (Å²) in [6.45, 7) is 3.77. The Kier molecular flexibility index (Phi) is 2.56. The summed E-state index contributed by atoms with van der Waals surface area (Å²) >= 11 is 0. The van der Waals surface area contributed by atoms with E-state index in [2.05, 4.69) is 4.98 Å². The molecule has 1 aromatic heterocycles. The van der Waals surface area contributed by atoms with Crippen molar-refractivity contribution in [3.05, 3.63) is 53.6 Å². The number of nitrogens with zero attached hydrogens (tertiary/aromatic N) is 2. The maximum atomic E-state index is 10.6. The minimum Gasteiger partial charge on any atom is -0.377 e. The third kappa shape index (κ3) is 1.63. The van der Waals surface area contributed by atoms with Crippen molar-refractivity contribution in [2.24, 2.45) is 7.05 Å². The molecule has 0 fully saturated rings. The average Bonchev–Trinajstić information content (AvgIpc) is 2.65. The van der Waals surface area contributed by atoms with Crippen molar-refractivity contribution < 1.29 is 5.11 Å². The summed E-state index contributed by atoms with van der Waals surface area (Å²) in [5.74, 6) is 0.654. The number of aromatic nitrogens is 2. The zero-order chi connectivity index (χ0) is 11.8. The Bertz CT molecular complexity index is 500. The maximum absolute atomic E-state index is 10.6. The summed E-state index contributed by atoms with van der Waals surface area (Å²) in [6, 6.07) is 7.82. The molecule has 0 saturated heterocycles. The van der Waals surface area contributed by atoms with Gasteiger partial charge in [-0.05, 0) is 25.0 Å². The highest BCUT2D eigenvalue weighted by atomic mass is 16.3. The van der Waals surface area contributed by atoms with Crippen LogP contribution in [-0.2, 0) is 12.6 Å². The van der Waals surface area contributed by atoms with E-state index >= 15 is 0 Å². The smallest absolute Gasteiger partial charge is 0.145 e. The molecule has 0 aliphatic rings. The molecule has 3 heteroatoms. The quantitative estimate of drug-likeness (QED) is 0.833. The van der Waals surface area contributed by atoms with E-state index < -0.39 is 5.60 Å². The maximum Gasteiger partial charge on any atom is 0.145 e. The second kappa shape index (κ2) is 3.76. The number of aryl methyl sites for hydroxylation is 2. The summed E-state index contributed by atoms with van der Waals surface area (Å²) in [5, 5.41) is 10.6. The first-order chi connectivity index (χ1) is 7.53. The van der Waals surface area contributed by atoms with Crippen LogP contribution in [0.5, 0.6) is 0 Å². The van der Waals surface area contributed by atoms with Gasteiger partial charge in [-0.25, -0.2) is 4.98 Å². The first-order valence-electron chi connectivity index (χ1n) is 5.30. The van der Waals surface area contributed by atoms with Crippen LogP contribution in [0.1, 0.15) is 23.9 Å². The SMILES string of the molecule is Cc1ccccc1C(C)(O)c1nccn1C. The van der Waals surface area contributed by atoms with E-state index in [0.717, 1.165) is 11.1 Å². The van der Waals surface area contributed by atoms with Gasteiger partial charge in [-0.15, -0.1) is 0 Å². The first kappa shape index (κ1) is 10.9. The van der Waals surface area contributed by atoms with Crippen LogP contribution >= 0.6 is 0 Å². The number of hydrogen-bond donors (Lipinski definition) is 1. The molecule has 0 saturated carbocycles. The van der Waals surface area contributed by atoms with Crippen LogP contribution in [0, 0.1) is 6.92 Å². The monoisotopic (exact) mass is 216 g/mol. The minimum absolute atomic E-state index is 0.654. The van der Waals surface area contributed by atoms with E-state index in [1.54, 1.807) is 13.1 Å². The van der Waals surface area contributed by atoms with Crippen LogP contribution in [0.15, 0.2) is 36.7 Å². The number of aliphatic hydroxyl groups is 1. The molecule has 1 N–H and O–H groups in total. The Morgan fingerprint density at radius 2 is 2.00 bits per heavy atom. The van der Waals surface area contributed by atoms with Gasteiger partial charge in [-0.2, -0.15) is 0 Å². The summed E-state index contributed by atoms with van der Waals surface area (Å²) in [5.41, 5.74) is 0.906. The van der Waals surface area contributed by atoms with Crippen LogP contribution in [-0.4, -0.2) is 14.7 Å². The van der Waals surface area contributed by atoms with Gasteiger partial charge in [0.1, 0.15) is 11.4 Å². The third-order valence-electron chi connectivity index (χ3n) is 2.93. The highest BCUT2D eigenvalue weighted by Crippen LogP contribution is 2.29. The Labute approximate surface area is 95.4 Å². The van der Waals surface area contributed by atoms with Crippen LogP contribution in [0.4, 0.5) is 0 Å². The van der Waals surface area contributed by atoms with E-state index in [9.17, 15) is 5.11 Å². The molecule has 0 bridgehead atoms. The fourth-order valence-corrected chi connectivity index (χ4v) is 2.07. The predicted octanol–water partition coefficient (Wildman–Crippen LogP) is 1.98. The Morgan fingerprint density at radius 1 is 1.31 bits per heavy atom. The fraction of sp³-hybridized carbons (Fsp3) is 0.308. The second-order valence-corrected chi connectivity index (χ2v) is 4.25. The molecule has 3 nitrogen and oxygen atoms in total. The lowest BCUT2D eigenvalue weighted by atomic mass is 9.91. The standard InChI is InChI=1S/C13H16N2O/c1-10-6-4-5-7-11(10)13(2,16)12-14-8-9-15(12)3/h4-9,16H,1-3H3. The van der Waals surface area contributed by atoms with Crippen molar-refractivity contribution in [3.8, 4) is 0 Å². The van der Waals surface area contributed by atoms with Gasteiger partial charge in [0, 0.05) is 19.4 Å². The van der Waals surface area contributed by atoms with E-state index in [1.165, 1.54) is 0 Å². The topological polar surface area (TPSA) is 38.1 Å². The fourth-order valence-electron chi connectivity index (χ4n) is 2.07. The zero-order valence-electron chi connectivity index (χ0n) is 9.81. The van der Waals surface area contributed by atoms with Gasteiger partial charge in [0.2, 0.25) is 0 Å². The average molecular weight is 216 g/mol. The third-order valence-corrected chi connectivity index (χ3v) is 2.93. The highest BCUT2D eigenvalue weighted by Gasteiger charge is 2.30. The summed E-state index contributed by atoms with van der Waals surface area (Å²) in [4.78, 5) is 4.22. The van der Waals surface area contributed by atoms with Gasteiger partial charge in [-0.1, -0.05) is 24.3 Å². The second-order valence-electron chi connectivity index (χ2n) is 4.25. The van der Waals surface area contributed by atoms with E-state index in [1.807, 2.05) is 49.0 Å². The molecule has 0 aliphatic heterocycles. The molecule has 2 rings (SSSR count). The summed E-state index contributed by atoms with van der Waals surface area (Å²) in [6.07, 6.45) is 3.53. The molecular weight excluding hydrogens is 200 g/mol. The molecular formula is C13H16N2O. The number of benzene rings is 1. The lowest BCUT2D eigenvalue weighted by Crippen LogP contribution is -2.27. The highest BCUT2D eigenvalue weighted by molar-refractivity contribution is 5.35. The normalized spacial score (nSPS) is 14.8. The minimum atomic E-state index is -1.05. The van der Waals surface area contributed by atoms with Gasteiger partial charge in [0.25, 0.3) is 0 Å². The molecule has 0 radical (unpaired) electrons.